The van der Waals surface area contributed by atoms with Gasteiger partial charge in [-0.2, -0.15) is 10.4 Å². The Bertz CT molecular complexity index is 3040. The summed E-state index contributed by atoms with van der Waals surface area (Å²) in [4.78, 5) is 41.9. The number of nitrogens with two attached hydrogens (primary N) is 1. The normalized spacial score (nSPS) is 10.7. The van der Waals surface area contributed by atoms with Crippen LogP contribution in [0.15, 0.2) is 121 Å². The lowest BCUT2D eigenvalue weighted by molar-refractivity contribution is -0.384. The lowest BCUT2D eigenvalue weighted by atomic mass is 9.97. The van der Waals surface area contributed by atoms with Crippen LogP contribution in [0.1, 0.15) is 75.3 Å². The van der Waals surface area contributed by atoms with Crippen molar-refractivity contribution in [3.63, 3.8) is 0 Å². The summed E-state index contributed by atoms with van der Waals surface area (Å²) < 4.78 is 4.45. The van der Waals surface area contributed by atoms with Crippen LogP contribution in [0.5, 0.6) is 5.75 Å². The number of carbonyl (C=O) groups is 2. The van der Waals surface area contributed by atoms with Crippen molar-refractivity contribution < 1.29 is 19.2 Å². The molecule has 0 aliphatic heterocycles. The molecule has 0 atom stereocenters. The Kier molecular flexibility index (Phi) is 23.8. The summed E-state index contributed by atoms with van der Waals surface area (Å²) in [5, 5.41) is 45.1. The van der Waals surface area contributed by atoms with E-state index in [0.29, 0.717) is 35.3 Å². The first-order valence-electron chi connectivity index (χ1n) is 24.4. The fraction of sp³-hybridized carbons (Fsp3) is 0.339. The Morgan fingerprint density at radius 2 is 1.16 bits per heavy atom. The summed E-state index contributed by atoms with van der Waals surface area (Å²) in [5.41, 5.74) is 14.9. The van der Waals surface area contributed by atoms with E-state index in [1.807, 2.05) is 60.0 Å². The predicted molar refractivity (Wildman–Crippen MR) is 311 cm³/mol. The Balaban J connectivity index is 0.000000270. The van der Waals surface area contributed by atoms with Gasteiger partial charge in [-0.1, -0.05) is 131 Å². The molecule has 0 radical (unpaired) electrons. The average molecular weight is 1090 g/mol. The molecule has 3 heterocycles. The summed E-state index contributed by atoms with van der Waals surface area (Å²) in [5.74, 6) is 3.29. The number of nitro benzene ring substituents is 1. The van der Waals surface area contributed by atoms with Gasteiger partial charge in [-0.15, -0.1) is 31.7 Å². The summed E-state index contributed by atoms with van der Waals surface area (Å²) in [6.07, 6.45) is 1.97. The van der Waals surface area contributed by atoms with Crippen LogP contribution in [-0.2, 0) is 11.2 Å². The highest BCUT2D eigenvalue weighted by Crippen LogP contribution is 2.37. The third-order valence-corrected chi connectivity index (χ3v) is 11.9. The topological polar surface area (TPSA) is 253 Å². The first kappa shape index (κ1) is 61.4. The molecule has 0 saturated heterocycles. The maximum absolute atomic E-state index is 13.0. The summed E-state index contributed by atoms with van der Waals surface area (Å²) >= 11 is 6.40. The van der Waals surface area contributed by atoms with Crippen molar-refractivity contribution in [1.29, 1.82) is 0 Å². The molecule has 408 valence electrons. The minimum absolute atomic E-state index is 0. The van der Waals surface area contributed by atoms with Crippen LogP contribution < -0.4 is 25.6 Å². The largest absolute Gasteiger partial charge is 0.414 e. The Morgan fingerprint density at radius 1 is 0.688 bits per heavy atom. The van der Waals surface area contributed by atoms with Crippen molar-refractivity contribution in [3.05, 3.63) is 136 Å². The number of nitrogen functional groups attached to an aromatic ring is 1. The van der Waals surface area contributed by atoms with Crippen molar-refractivity contribution in [2.75, 3.05) is 47.0 Å². The van der Waals surface area contributed by atoms with Crippen LogP contribution in [0.25, 0.3) is 45.0 Å². The number of thiazole rings is 1. The number of carbonyl (C=O) groups excluding carboxylic acids is 2. The third-order valence-electron chi connectivity index (χ3n) is 11.0. The molecule has 5 aromatic carbocycles. The fourth-order valence-corrected chi connectivity index (χ4v) is 8.91. The highest BCUT2D eigenvalue weighted by Gasteiger charge is 2.20. The van der Waals surface area contributed by atoms with Crippen molar-refractivity contribution >= 4 is 62.7 Å². The van der Waals surface area contributed by atoms with Crippen molar-refractivity contribution in [3.8, 4) is 50.8 Å². The van der Waals surface area contributed by atoms with E-state index >= 15 is 0 Å². The van der Waals surface area contributed by atoms with E-state index in [4.69, 9.17) is 17.3 Å². The third kappa shape index (κ3) is 18.3. The quantitative estimate of drug-likeness (QED) is 0.0254. The molecule has 3 aromatic heterocycles. The molecule has 0 unspecified atom stereocenters. The fourth-order valence-electron chi connectivity index (χ4n) is 8.21. The van der Waals surface area contributed by atoms with Crippen LogP contribution in [-0.4, -0.2) is 88.7 Å². The SMILES string of the molecule is C.C.CC(C)CN(CC(C)C)c1ccc(-c2ccccc2-c2nn[nH]n2)cc1N.CC(C)CN(CC(C)C)c1ccc(-c2ccccc2-c2nn[nH]n2)cc1NC(=O)Cc1nccs1.O=C(Cl)Oc1ccc([N+](=O)[O-])cc1. The van der Waals surface area contributed by atoms with Crippen molar-refractivity contribution in [1.82, 2.24) is 46.2 Å². The van der Waals surface area contributed by atoms with E-state index in [1.54, 1.807) is 6.20 Å². The first-order valence-corrected chi connectivity index (χ1v) is 25.7. The van der Waals surface area contributed by atoms with E-state index in [9.17, 15) is 19.7 Å². The summed E-state index contributed by atoms with van der Waals surface area (Å²) in [7, 11) is 0. The highest BCUT2D eigenvalue weighted by atomic mass is 35.5. The number of nitro groups is 1. The summed E-state index contributed by atoms with van der Waals surface area (Å²) in [6.45, 7) is 21.6. The van der Waals surface area contributed by atoms with Crippen LogP contribution in [0.4, 0.5) is 33.2 Å². The number of nitrogens with zero attached hydrogens (tertiary/aromatic N) is 10. The van der Waals surface area contributed by atoms with Gasteiger partial charge in [-0.05, 0) is 92.8 Å². The molecular weight excluding hydrogens is 1020 g/mol. The van der Waals surface area contributed by atoms with Gasteiger partial charge in [0.1, 0.15) is 10.8 Å². The molecule has 77 heavy (non-hydrogen) atoms. The van der Waals surface area contributed by atoms with E-state index in [1.165, 1.54) is 35.6 Å². The minimum atomic E-state index is -0.978. The second-order valence-electron chi connectivity index (χ2n) is 19.2. The number of halogens is 1. The van der Waals surface area contributed by atoms with Gasteiger partial charge in [0.15, 0.2) is 0 Å². The van der Waals surface area contributed by atoms with E-state index in [2.05, 4.69) is 152 Å². The van der Waals surface area contributed by atoms with Gasteiger partial charge in [0.25, 0.3) is 5.69 Å². The summed E-state index contributed by atoms with van der Waals surface area (Å²) in [6, 6.07) is 33.5. The molecule has 0 spiro atoms. The molecule has 0 bridgehead atoms. The van der Waals surface area contributed by atoms with E-state index in [0.717, 1.165) is 87.3 Å². The Labute approximate surface area is 460 Å². The second-order valence-corrected chi connectivity index (χ2v) is 20.5. The van der Waals surface area contributed by atoms with Gasteiger partial charge in [-0.25, -0.2) is 9.78 Å². The zero-order valence-corrected chi connectivity index (χ0v) is 44.8. The number of tetrazole rings is 2. The molecule has 0 fully saturated rings. The minimum Gasteiger partial charge on any atom is -0.414 e. The number of nitrogens with one attached hydrogen (secondary N) is 3. The molecule has 0 aliphatic rings. The maximum atomic E-state index is 13.0. The molecule has 0 saturated carbocycles. The predicted octanol–water partition coefficient (Wildman–Crippen LogP) is 13.1. The number of hydrogen-bond acceptors (Lipinski definition) is 16. The van der Waals surface area contributed by atoms with Crippen molar-refractivity contribution in [2.45, 2.75) is 76.7 Å². The number of ether oxygens (including phenoxy) is 1. The van der Waals surface area contributed by atoms with Gasteiger partial charge >= 0.3 is 5.43 Å². The van der Waals surface area contributed by atoms with Crippen LogP contribution in [0, 0.1) is 33.8 Å². The van der Waals surface area contributed by atoms with Gasteiger partial charge < -0.3 is 25.6 Å². The van der Waals surface area contributed by atoms with Gasteiger partial charge in [0.2, 0.25) is 17.6 Å². The van der Waals surface area contributed by atoms with Crippen LogP contribution >= 0.6 is 22.9 Å². The number of anilines is 4. The average Bonchev–Trinajstić information content (AvgIpc) is 4.20. The molecule has 19 nitrogen and oxygen atoms in total. The van der Waals surface area contributed by atoms with Crippen LogP contribution in [0.3, 0.4) is 0 Å². The van der Waals surface area contributed by atoms with Gasteiger partial charge in [0, 0.05) is 72.6 Å². The lowest BCUT2D eigenvalue weighted by Gasteiger charge is -2.31. The Hall–Kier alpha value is -8.10. The molecule has 5 N–H and O–H groups in total. The van der Waals surface area contributed by atoms with Gasteiger partial charge in [0.05, 0.1) is 34.1 Å². The standard InChI is InChI=1S/C26H31N7OS.C21H28N6.C7H4ClNO4.2CH4/c1-17(2)15-33(16-18(3)4)23-10-9-19(13-22(23)28-24(34)14-25-27-11-12-35-25)20-7-5-6-8-21(20)26-29-31-32-30-26;1-14(2)12-27(13-15(3)4)20-10-9-16(11-19(20)22)17-7-5-6-8-18(17)21-23-25-26-24-21;8-7(10)13-6-3-1-5(2-4-6)9(11)12;;/h5-13,17-18H,14-16H2,1-4H3,(H,28,34)(H,29,30,31,32);5-11,14-15H,12-13,22H2,1-4H3,(H,23,24,25,26);1-4H;2*1H4. The molecule has 21 heteroatoms. The molecule has 8 rings (SSSR count). The number of benzene rings is 5. The van der Waals surface area contributed by atoms with E-state index in [-0.39, 0.29) is 38.6 Å². The molecule has 1 amide bonds. The maximum Gasteiger partial charge on any atom is 0.409 e. The molecular formula is C56H71ClN14O5S. The zero-order valence-electron chi connectivity index (χ0n) is 43.3. The Morgan fingerprint density at radius 3 is 1.57 bits per heavy atom. The number of amides is 1. The van der Waals surface area contributed by atoms with Crippen LogP contribution in [0.2, 0.25) is 0 Å². The second kappa shape index (κ2) is 29.8. The molecule has 0 aliphatic carbocycles. The number of rotatable bonds is 19. The smallest absolute Gasteiger partial charge is 0.409 e. The van der Waals surface area contributed by atoms with E-state index < -0.39 is 10.4 Å². The lowest BCUT2D eigenvalue weighted by Crippen LogP contribution is -2.32. The zero-order chi connectivity index (χ0) is 54.0. The number of hydrogen-bond donors (Lipinski definition) is 4. The number of aromatic nitrogens is 9. The van der Waals surface area contributed by atoms with Gasteiger partial charge in [-0.3, -0.25) is 14.9 Å². The first-order chi connectivity index (χ1) is 35.9. The number of non-ortho nitro benzene ring substituents is 1. The number of aromatic amines is 2. The molecule has 8 aromatic rings. The highest BCUT2D eigenvalue weighted by molar-refractivity contribution is 7.09. The monoisotopic (exact) mass is 1090 g/mol. The number of H-pyrrole nitrogens is 2. The van der Waals surface area contributed by atoms with Crippen molar-refractivity contribution in [2.24, 2.45) is 23.7 Å².